The van der Waals surface area contributed by atoms with Crippen molar-refractivity contribution in [3.63, 3.8) is 0 Å². The maximum absolute atomic E-state index is 11.4. The molecule has 0 spiro atoms. The molecule has 0 aliphatic rings. The van der Waals surface area contributed by atoms with E-state index in [1.807, 2.05) is 26.0 Å². The summed E-state index contributed by atoms with van der Waals surface area (Å²) in [6.07, 6.45) is 1.46. The van der Waals surface area contributed by atoms with Crippen LogP contribution in [-0.2, 0) is 17.6 Å². The first kappa shape index (κ1) is 11.4. The molecule has 1 rings (SSSR count). The summed E-state index contributed by atoms with van der Waals surface area (Å²) in [4.78, 5) is 22.0. The normalized spacial score (nSPS) is 10.0. The summed E-state index contributed by atoms with van der Waals surface area (Å²) >= 11 is 0. The van der Waals surface area contributed by atoms with Gasteiger partial charge in [0, 0.05) is 5.56 Å². The van der Waals surface area contributed by atoms with Gasteiger partial charge in [-0.3, -0.25) is 4.79 Å². The zero-order valence-electron chi connectivity index (χ0n) is 8.91. The van der Waals surface area contributed by atoms with Gasteiger partial charge in [0.15, 0.2) is 0 Å². The van der Waals surface area contributed by atoms with E-state index in [9.17, 15) is 9.59 Å². The predicted octanol–water partition coefficient (Wildman–Crippen LogP) is 2.08. The number of hydrogen-bond donors (Lipinski definition) is 1. The Kier molecular flexibility index (Phi) is 3.61. The van der Waals surface area contributed by atoms with Crippen molar-refractivity contribution < 1.29 is 14.7 Å². The topological polar surface area (TPSA) is 54.4 Å². The van der Waals surface area contributed by atoms with E-state index < -0.39 is 11.8 Å². The summed E-state index contributed by atoms with van der Waals surface area (Å²) in [5.74, 6) is -2.21. The van der Waals surface area contributed by atoms with Crippen molar-refractivity contribution in [1.29, 1.82) is 0 Å². The highest BCUT2D eigenvalue weighted by Gasteiger charge is 2.17. The molecule has 0 amide bonds. The van der Waals surface area contributed by atoms with E-state index in [0.29, 0.717) is 12.0 Å². The number of rotatable bonds is 4. The maximum Gasteiger partial charge on any atom is 0.377 e. The van der Waals surface area contributed by atoms with E-state index in [4.69, 9.17) is 5.11 Å². The largest absolute Gasteiger partial charge is 0.475 e. The molecule has 0 heterocycles. The van der Waals surface area contributed by atoms with Crippen LogP contribution >= 0.6 is 0 Å². The number of Topliss-reactive ketones (excluding diaryl/α,β-unsaturated/α-hetero) is 1. The van der Waals surface area contributed by atoms with Gasteiger partial charge < -0.3 is 5.11 Å². The molecular weight excluding hydrogens is 192 g/mol. The van der Waals surface area contributed by atoms with Crippen molar-refractivity contribution in [1.82, 2.24) is 0 Å². The van der Waals surface area contributed by atoms with Crippen LogP contribution in [0.4, 0.5) is 0 Å². The molecule has 0 unspecified atom stereocenters. The molecule has 80 valence electrons. The van der Waals surface area contributed by atoms with Crippen LogP contribution in [0.3, 0.4) is 0 Å². The summed E-state index contributed by atoms with van der Waals surface area (Å²) in [6, 6.07) is 5.43. The maximum atomic E-state index is 11.4. The standard InChI is InChI=1S/C12H14O3/c1-3-8-5-6-9(4-2)10(7-8)11(13)12(14)15/h5-7H,3-4H2,1-2H3,(H,14,15). The zero-order chi connectivity index (χ0) is 11.4. The van der Waals surface area contributed by atoms with Crippen LogP contribution in [0, 0.1) is 0 Å². The Morgan fingerprint density at radius 3 is 2.33 bits per heavy atom. The van der Waals surface area contributed by atoms with Gasteiger partial charge >= 0.3 is 5.97 Å². The lowest BCUT2D eigenvalue weighted by atomic mass is 9.98. The van der Waals surface area contributed by atoms with E-state index >= 15 is 0 Å². The van der Waals surface area contributed by atoms with Gasteiger partial charge in [-0.15, -0.1) is 0 Å². The van der Waals surface area contributed by atoms with Gasteiger partial charge in [-0.2, -0.15) is 0 Å². The SMILES string of the molecule is CCc1ccc(CC)c(C(=O)C(=O)O)c1. The molecule has 0 aromatic heterocycles. The van der Waals surface area contributed by atoms with Gasteiger partial charge in [0.2, 0.25) is 0 Å². The van der Waals surface area contributed by atoms with E-state index in [-0.39, 0.29) is 0 Å². The van der Waals surface area contributed by atoms with Gasteiger partial charge in [0.05, 0.1) is 0 Å². The number of aliphatic carboxylic acids is 1. The second kappa shape index (κ2) is 4.73. The second-order valence-corrected chi connectivity index (χ2v) is 3.33. The monoisotopic (exact) mass is 206 g/mol. The molecule has 1 aromatic carbocycles. The highest BCUT2D eigenvalue weighted by Crippen LogP contribution is 2.14. The number of benzene rings is 1. The molecule has 0 atom stereocenters. The van der Waals surface area contributed by atoms with Crippen molar-refractivity contribution in [2.75, 3.05) is 0 Å². The van der Waals surface area contributed by atoms with E-state index in [1.165, 1.54) is 0 Å². The number of carbonyl (C=O) groups is 2. The minimum atomic E-state index is -1.39. The van der Waals surface area contributed by atoms with Crippen molar-refractivity contribution in [3.8, 4) is 0 Å². The van der Waals surface area contributed by atoms with Crippen molar-refractivity contribution in [2.24, 2.45) is 0 Å². The molecule has 0 saturated heterocycles. The number of ketones is 1. The summed E-state index contributed by atoms with van der Waals surface area (Å²) in [6.45, 7) is 3.87. The van der Waals surface area contributed by atoms with Crippen molar-refractivity contribution in [3.05, 3.63) is 34.9 Å². The fourth-order valence-electron chi connectivity index (χ4n) is 1.48. The zero-order valence-corrected chi connectivity index (χ0v) is 8.91. The van der Waals surface area contributed by atoms with Crippen LogP contribution in [-0.4, -0.2) is 16.9 Å². The molecule has 1 N–H and O–H groups in total. The van der Waals surface area contributed by atoms with Crippen LogP contribution in [0.5, 0.6) is 0 Å². The Morgan fingerprint density at radius 1 is 1.20 bits per heavy atom. The minimum Gasteiger partial charge on any atom is -0.475 e. The molecule has 0 aliphatic heterocycles. The number of hydrogen-bond acceptors (Lipinski definition) is 2. The van der Waals surface area contributed by atoms with Gasteiger partial charge in [0.1, 0.15) is 0 Å². The van der Waals surface area contributed by atoms with E-state index in [0.717, 1.165) is 17.5 Å². The average Bonchev–Trinajstić information content (AvgIpc) is 2.27. The lowest BCUT2D eigenvalue weighted by Crippen LogP contribution is -2.15. The number of carboxylic acids is 1. The smallest absolute Gasteiger partial charge is 0.377 e. The van der Waals surface area contributed by atoms with Crippen LogP contribution in [0.25, 0.3) is 0 Å². The summed E-state index contributed by atoms with van der Waals surface area (Å²) in [5.41, 5.74) is 2.10. The quantitative estimate of drug-likeness (QED) is 0.606. The Bertz CT molecular complexity index is 394. The molecule has 0 fully saturated rings. The van der Waals surface area contributed by atoms with Crippen LogP contribution < -0.4 is 0 Å². The molecule has 3 heteroatoms. The van der Waals surface area contributed by atoms with Crippen molar-refractivity contribution >= 4 is 11.8 Å². The number of aryl methyl sites for hydroxylation is 2. The minimum absolute atomic E-state index is 0.323. The summed E-state index contributed by atoms with van der Waals surface area (Å²) in [5, 5.41) is 8.67. The third kappa shape index (κ3) is 2.43. The first-order valence-electron chi connectivity index (χ1n) is 4.99. The Balaban J connectivity index is 3.23. The van der Waals surface area contributed by atoms with Gasteiger partial charge in [-0.05, 0) is 30.0 Å². The molecule has 1 aromatic rings. The van der Waals surface area contributed by atoms with Gasteiger partial charge in [-0.25, -0.2) is 4.79 Å². The molecule has 0 aliphatic carbocycles. The number of carboxylic acid groups (broad SMARTS) is 1. The Labute approximate surface area is 88.7 Å². The van der Waals surface area contributed by atoms with E-state index in [1.54, 1.807) is 6.07 Å². The fraction of sp³-hybridized carbons (Fsp3) is 0.333. The third-order valence-corrected chi connectivity index (χ3v) is 2.40. The molecule has 0 radical (unpaired) electrons. The first-order chi connectivity index (χ1) is 7.10. The lowest BCUT2D eigenvalue weighted by molar-refractivity contribution is -0.131. The first-order valence-corrected chi connectivity index (χ1v) is 4.99. The Hall–Kier alpha value is -1.64. The van der Waals surface area contributed by atoms with Gasteiger partial charge in [-0.1, -0.05) is 26.0 Å². The Morgan fingerprint density at radius 2 is 1.87 bits per heavy atom. The van der Waals surface area contributed by atoms with Crippen LogP contribution in [0.15, 0.2) is 18.2 Å². The predicted molar refractivity (Wildman–Crippen MR) is 57.2 cm³/mol. The molecule has 15 heavy (non-hydrogen) atoms. The highest BCUT2D eigenvalue weighted by molar-refractivity contribution is 6.40. The molecule has 0 bridgehead atoms. The summed E-state index contributed by atoms with van der Waals surface area (Å²) < 4.78 is 0. The van der Waals surface area contributed by atoms with Crippen molar-refractivity contribution in [2.45, 2.75) is 26.7 Å². The third-order valence-electron chi connectivity index (χ3n) is 2.40. The lowest BCUT2D eigenvalue weighted by Gasteiger charge is -2.06. The fourth-order valence-corrected chi connectivity index (χ4v) is 1.48. The second-order valence-electron chi connectivity index (χ2n) is 3.33. The van der Waals surface area contributed by atoms with Crippen LogP contribution in [0.2, 0.25) is 0 Å². The average molecular weight is 206 g/mol. The molecule has 0 saturated carbocycles. The van der Waals surface area contributed by atoms with Crippen LogP contribution in [0.1, 0.15) is 35.3 Å². The molecule has 3 nitrogen and oxygen atoms in total. The van der Waals surface area contributed by atoms with E-state index in [2.05, 4.69) is 0 Å². The summed E-state index contributed by atoms with van der Waals surface area (Å²) in [7, 11) is 0. The number of carbonyl (C=O) groups excluding carboxylic acids is 1. The molecular formula is C12H14O3. The highest BCUT2D eigenvalue weighted by atomic mass is 16.4. The van der Waals surface area contributed by atoms with Gasteiger partial charge in [0.25, 0.3) is 5.78 Å².